The van der Waals surface area contributed by atoms with Crippen LogP contribution in [0.1, 0.15) is 56.9 Å². The van der Waals surface area contributed by atoms with E-state index < -0.39 is 11.6 Å². The van der Waals surface area contributed by atoms with Crippen LogP contribution in [0.2, 0.25) is 0 Å². The standard InChI is InChI=1S/C40H43F2N5O5/c1-3-28-30(41)8-7-24-16-26(48)18-29(32(24)28)35-34(42)36-33(38(43-35)49-2)37(47-20-27-17-25(47)21-51-27)45-39(44-36)52-22-40-11-4-6-31(40)46(13-5-12-40)19-23-9-14-50-15-10-23/h1,7-8,16,18,23,25,27,31,48H,4-6,9-15,17,19-22H2,2H3/t25-,27-,31-,40-/m1/s1. The summed E-state index contributed by atoms with van der Waals surface area (Å²) in [4.78, 5) is 19.2. The number of likely N-dealkylation sites (tertiary alicyclic amines) is 1. The fraction of sp³-hybridized carbons (Fsp3) is 0.525. The lowest BCUT2D eigenvalue weighted by Crippen LogP contribution is -2.53. The molecule has 1 N–H and O–H groups in total. The molecule has 52 heavy (non-hydrogen) atoms. The molecule has 6 heterocycles. The second kappa shape index (κ2) is 13.3. The summed E-state index contributed by atoms with van der Waals surface area (Å²) >= 11 is 0. The molecule has 0 unspecified atom stereocenters. The van der Waals surface area contributed by atoms with Crippen molar-refractivity contribution >= 4 is 27.5 Å². The van der Waals surface area contributed by atoms with E-state index in [1.165, 1.54) is 31.4 Å². The Bertz CT molecular complexity index is 2090. The van der Waals surface area contributed by atoms with Crippen molar-refractivity contribution in [2.45, 2.75) is 69.6 Å². The van der Waals surface area contributed by atoms with E-state index in [0.29, 0.717) is 48.3 Å². The molecule has 5 fully saturated rings. The molecule has 4 saturated heterocycles. The van der Waals surface area contributed by atoms with Gasteiger partial charge in [-0.05, 0) is 81.0 Å². The molecule has 4 aromatic rings. The van der Waals surface area contributed by atoms with Gasteiger partial charge in [0.05, 0.1) is 38.0 Å². The number of aromatic nitrogens is 3. The highest BCUT2D eigenvalue weighted by molar-refractivity contribution is 6.04. The number of halogens is 2. The first-order chi connectivity index (χ1) is 25.4. The molecule has 2 aromatic heterocycles. The summed E-state index contributed by atoms with van der Waals surface area (Å²) in [5, 5.41) is 11.7. The number of hydrogen-bond donors (Lipinski definition) is 1. The van der Waals surface area contributed by atoms with Crippen LogP contribution in [0.25, 0.3) is 32.9 Å². The first kappa shape index (κ1) is 33.5. The van der Waals surface area contributed by atoms with E-state index in [0.717, 1.165) is 77.7 Å². The number of fused-ring (bicyclic) bond motifs is 5. The number of ether oxygens (including phenoxy) is 4. The molecule has 10 nitrogen and oxygen atoms in total. The van der Waals surface area contributed by atoms with Crippen molar-refractivity contribution in [2.75, 3.05) is 58.1 Å². The molecular formula is C40H43F2N5O5. The third kappa shape index (κ3) is 5.60. The van der Waals surface area contributed by atoms with Crippen LogP contribution in [0.15, 0.2) is 24.3 Å². The molecular weight excluding hydrogens is 668 g/mol. The highest BCUT2D eigenvalue weighted by Gasteiger charge is 2.49. The maximum Gasteiger partial charge on any atom is 0.319 e. The summed E-state index contributed by atoms with van der Waals surface area (Å²) in [6.45, 7) is 5.40. The van der Waals surface area contributed by atoms with Gasteiger partial charge >= 0.3 is 6.01 Å². The predicted octanol–water partition coefficient (Wildman–Crippen LogP) is 6.24. The number of pyridine rings is 1. The van der Waals surface area contributed by atoms with Crippen LogP contribution in [0.4, 0.5) is 14.6 Å². The van der Waals surface area contributed by atoms with Gasteiger partial charge in [0, 0.05) is 48.7 Å². The number of rotatable bonds is 8. The van der Waals surface area contributed by atoms with Crippen LogP contribution in [0.5, 0.6) is 17.6 Å². The number of anilines is 1. The van der Waals surface area contributed by atoms with Crippen molar-refractivity contribution < 1.29 is 32.8 Å². The molecule has 4 aliphatic heterocycles. The monoisotopic (exact) mass is 711 g/mol. The number of phenols is 1. The molecule has 1 saturated carbocycles. The maximum atomic E-state index is 17.2. The van der Waals surface area contributed by atoms with Crippen LogP contribution < -0.4 is 14.4 Å². The van der Waals surface area contributed by atoms with Crippen molar-refractivity contribution in [3.63, 3.8) is 0 Å². The van der Waals surface area contributed by atoms with E-state index in [1.54, 1.807) is 0 Å². The highest BCUT2D eigenvalue weighted by Crippen LogP contribution is 2.49. The van der Waals surface area contributed by atoms with Crippen molar-refractivity contribution in [2.24, 2.45) is 11.3 Å². The van der Waals surface area contributed by atoms with Crippen molar-refractivity contribution in [3.05, 3.63) is 41.5 Å². The molecule has 272 valence electrons. The van der Waals surface area contributed by atoms with Crippen LogP contribution in [-0.4, -0.2) is 96.3 Å². The molecule has 9 rings (SSSR count). The largest absolute Gasteiger partial charge is 0.508 e. The molecule has 1 aliphatic carbocycles. The van der Waals surface area contributed by atoms with Crippen molar-refractivity contribution in [3.8, 4) is 41.2 Å². The Balaban J connectivity index is 1.14. The smallest absolute Gasteiger partial charge is 0.319 e. The summed E-state index contributed by atoms with van der Waals surface area (Å²) < 4.78 is 56.3. The maximum absolute atomic E-state index is 17.2. The Morgan fingerprint density at radius 2 is 1.92 bits per heavy atom. The Labute approximate surface area is 301 Å². The number of hydrogen-bond acceptors (Lipinski definition) is 10. The number of methoxy groups -OCH3 is 1. The van der Waals surface area contributed by atoms with Crippen molar-refractivity contribution in [1.82, 2.24) is 19.9 Å². The summed E-state index contributed by atoms with van der Waals surface area (Å²) in [6, 6.07) is 6.06. The highest BCUT2D eigenvalue weighted by atomic mass is 19.1. The second-order valence-electron chi connectivity index (χ2n) is 15.2. The Morgan fingerprint density at radius 1 is 1.08 bits per heavy atom. The molecule has 0 amide bonds. The lowest BCUT2D eigenvalue weighted by Gasteiger charge is -2.47. The van der Waals surface area contributed by atoms with E-state index in [2.05, 4.69) is 20.7 Å². The van der Waals surface area contributed by atoms with E-state index in [9.17, 15) is 5.11 Å². The molecule has 4 atom stereocenters. The quantitative estimate of drug-likeness (QED) is 0.212. The van der Waals surface area contributed by atoms with E-state index in [-0.39, 0.29) is 62.9 Å². The number of terminal acetylenes is 1. The Hall–Kier alpha value is -4.31. The number of aromatic hydroxyl groups is 1. The van der Waals surface area contributed by atoms with Crippen LogP contribution in [-0.2, 0) is 9.47 Å². The SMILES string of the molecule is C#Cc1c(F)ccc2cc(O)cc(-c3nc(OC)c4c(N5C[C@H]6C[C@@H]5CO6)nc(OC[C@]56CCC[C@H]5N(CC5CCOCC5)CCC6)nc4c3F)c12. The zero-order valence-electron chi connectivity index (χ0n) is 29.4. The van der Waals surface area contributed by atoms with Gasteiger partial charge in [-0.25, -0.2) is 13.8 Å². The summed E-state index contributed by atoms with van der Waals surface area (Å²) in [7, 11) is 1.46. The van der Waals surface area contributed by atoms with Gasteiger partial charge in [0.1, 0.15) is 34.0 Å². The van der Waals surface area contributed by atoms with Gasteiger partial charge in [-0.15, -0.1) is 6.42 Å². The fourth-order valence-electron chi connectivity index (χ4n) is 9.81. The minimum absolute atomic E-state index is 0.0362. The van der Waals surface area contributed by atoms with Crippen LogP contribution in [0.3, 0.4) is 0 Å². The Kier molecular flexibility index (Phi) is 8.56. The van der Waals surface area contributed by atoms with Crippen LogP contribution in [0, 0.1) is 35.3 Å². The first-order valence-corrected chi connectivity index (χ1v) is 18.6. The van der Waals surface area contributed by atoms with Gasteiger partial charge in [-0.3, -0.25) is 4.90 Å². The molecule has 0 spiro atoms. The molecule has 2 aromatic carbocycles. The van der Waals surface area contributed by atoms with E-state index in [1.807, 2.05) is 0 Å². The number of morpholine rings is 1. The number of benzene rings is 2. The topological polar surface area (TPSA) is 102 Å². The lowest BCUT2D eigenvalue weighted by molar-refractivity contribution is -0.0203. The average Bonchev–Trinajstić information content (AvgIpc) is 3.92. The van der Waals surface area contributed by atoms with E-state index >= 15 is 8.78 Å². The van der Waals surface area contributed by atoms with Gasteiger partial charge in [0.15, 0.2) is 5.82 Å². The summed E-state index contributed by atoms with van der Waals surface area (Å²) in [5.74, 6) is 2.06. The van der Waals surface area contributed by atoms with Gasteiger partial charge in [-0.2, -0.15) is 9.97 Å². The normalized spacial score (nSPS) is 26.3. The van der Waals surface area contributed by atoms with E-state index in [4.69, 9.17) is 35.3 Å². The zero-order valence-corrected chi connectivity index (χ0v) is 29.4. The first-order valence-electron chi connectivity index (χ1n) is 18.6. The summed E-state index contributed by atoms with van der Waals surface area (Å²) in [5.41, 5.74) is -0.197. The van der Waals surface area contributed by atoms with Crippen LogP contribution >= 0.6 is 0 Å². The second-order valence-corrected chi connectivity index (χ2v) is 15.2. The average molecular weight is 712 g/mol. The lowest BCUT2D eigenvalue weighted by atomic mass is 9.75. The van der Waals surface area contributed by atoms with Gasteiger partial charge in [0.2, 0.25) is 5.88 Å². The fourth-order valence-corrected chi connectivity index (χ4v) is 9.81. The number of nitrogens with zero attached hydrogens (tertiary/aromatic N) is 5. The third-order valence-corrected chi connectivity index (χ3v) is 12.3. The molecule has 5 aliphatic rings. The molecule has 2 bridgehead atoms. The van der Waals surface area contributed by atoms with Gasteiger partial charge < -0.3 is 29.0 Å². The van der Waals surface area contributed by atoms with Gasteiger partial charge in [-0.1, -0.05) is 18.4 Å². The predicted molar refractivity (Wildman–Crippen MR) is 192 cm³/mol. The zero-order chi connectivity index (χ0) is 35.6. The number of piperidine rings is 1. The minimum atomic E-state index is -0.777. The summed E-state index contributed by atoms with van der Waals surface area (Å²) in [6.07, 6.45) is 14.3. The minimum Gasteiger partial charge on any atom is -0.508 e. The number of phenolic OH excluding ortho intramolecular Hbond substituents is 1. The molecule has 12 heteroatoms. The third-order valence-electron chi connectivity index (χ3n) is 12.3. The molecule has 0 radical (unpaired) electrons. The van der Waals surface area contributed by atoms with Crippen molar-refractivity contribution in [1.29, 1.82) is 0 Å². The van der Waals surface area contributed by atoms with Gasteiger partial charge in [0.25, 0.3) is 0 Å². The Morgan fingerprint density at radius 3 is 2.69 bits per heavy atom.